The molecule has 9 heteroatoms. The van der Waals surface area contributed by atoms with Gasteiger partial charge >= 0.3 is 6.80 Å². The van der Waals surface area contributed by atoms with E-state index in [1.54, 1.807) is 24.3 Å². The highest BCUT2D eigenvalue weighted by Crippen LogP contribution is 2.50. The van der Waals surface area contributed by atoms with Crippen LogP contribution in [0.5, 0.6) is 0 Å². The topological polar surface area (TPSA) is 105 Å². The number of aromatic nitrogens is 3. The third kappa shape index (κ3) is 2.92. The van der Waals surface area contributed by atoms with E-state index in [1.165, 1.54) is 0 Å². The fraction of sp³-hybridized carbons (Fsp3) is 0.125. The fourth-order valence-electron chi connectivity index (χ4n) is 1.24. The maximum absolute atomic E-state index is 11.8. The maximum atomic E-state index is 11.8. The Morgan fingerprint density at radius 2 is 2.06 bits per heavy atom. The van der Waals surface area contributed by atoms with Gasteiger partial charge in [0.25, 0.3) is 5.56 Å². The Kier molecular flexibility index (Phi) is 3.30. The minimum Gasteiger partial charge on any atom is -0.317 e. The first-order valence-corrected chi connectivity index (χ1v) is 7.70. The van der Waals surface area contributed by atoms with Crippen LogP contribution >= 0.6 is 18.2 Å². The van der Waals surface area contributed by atoms with Gasteiger partial charge in [0.2, 0.25) is 0 Å². The normalized spacial score (nSPS) is 11.9. The minimum absolute atomic E-state index is 0.235. The van der Waals surface area contributed by atoms with Crippen molar-refractivity contribution in [1.82, 2.24) is 15.0 Å². The van der Waals surface area contributed by atoms with Crippen LogP contribution in [0.2, 0.25) is 0 Å². The van der Waals surface area contributed by atoms with Gasteiger partial charge in [0.15, 0.2) is 0 Å². The summed E-state index contributed by atoms with van der Waals surface area (Å²) in [5, 5.41) is 7.76. The van der Waals surface area contributed by atoms with Crippen molar-refractivity contribution in [3.05, 3.63) is 34.6 Å². The first kappa shape index (κ1) is 12.3. The van der Waals surface area contributed by atoms with Gasteiger partial charge in [0.05, 0.1) is 5.39 Å². The van der Waals surface area contributed by atoms with Crippen molar-refractivity contribution in [1.29, 1.82) is 0 Å². The van der Waals surface area contributed by atoms with Crippen LogP contribution in [0.4, 0.5) is 0 Å². The highest BCUT2D eigenvalue weighted by molar-refractivity contribution is 8.54. The monoisotopic (exact) mass is 273 g/mol. The van der Waals surface area contributed by atoms with Crippen LogP contribution in [0.3, 0.4) is 0 Å². The van der Waals surface area contributed by atoms with Crippen molar-refractivity contribution in [2.45, 2.75) is 5.88 Å². The molecule has 0 unspecified atom stereocenters. The lowest BCUT2D eigenvalue weighted by atomic mass is 10.2. The molecule has 2 N–H and O–H groups in total. The van der Waals surface area contributed by atoms with E-state index < -0.39 is 12.4 Å². The van der Waals surface area contributed by atoms with Gasteiger partial charge in [0.1, 0.15) is 11.4 Å². The summed E-state index contributed by atoms with van der Waals surface area (Å²) in [5.74, 6) is -0.235. The van der Waals surface area contributed by atoms with E-state index in [0.29, 0.717) is 22.3 Å². The summed E-state index contributed by atoms with van der Waals surface area (Å²) in [6.07, 6.45) is 0. The first-order chi connectivity index (χ1) is 7.97. The minimum atomic E-state index is -4.22. The molecular formula is C8H8N3O4PS. The number of nitrogens with zero attached hydrogens (tertiary/aromatic N) is 3. The molecule has 7 nitrogen and oxygen atoms in total. The molecule has 17 heavy (non-hydrogen) atoms. The zero-order valence-electron chi connectivity index (χ0n) is 8.42. The van der Waals surface area contributed by atoms with Gasteiger partial charge < -0.3 is 9.79 Å². The second-order valence-electron chi connectivity index (χ2n) is 3.16. The molecule has 1 heterocycles. The van der Waals surface area contributed by atoms with Crippen LogP contribution in [0, 0.1) is 0 Å². The van der Waals surface area contributed by atoms with Crippen molar-refractivity contribution in [2.24, 2.45) is 0 Å². The Morgan fingerprint density at radius 1 is 1.35 bits per heavy atom. The lowest BCUT2D eigenvalue weighted by Crippen LogP contribution is -2.23. The van der Waals surface area contributed by atoms with Crippen LogP contribution in [-0.4, -0.2) is 24.8 Å². The van der Waals surface area contributed by atoms with Crippen LogP contribution in [0.15, 0.2) is 29.1 Å². The molecule has 0 saturated heterocycles. The fourth-order valence-corrected chi connectivity index (χ4v) is 2.45. The summed E-state index contributed by atoms with van der Waals surface area (Å²) in [6, 6.07) is 6.65. The highest BCUT2D eigenvalue weighted by Gasteiger charge is 2.15. The molecule has 0 fully saturated rings. The van der Waals surface area contributed by atoms with Gasteiger partial charge in [0, 0.05) is 0 Å². The van der Waals surface area contributed by atoms with E-state index in [-0.39, 0.29) is 5.88 Å². The van der Waals surface area contributed by atoms with E-state index >= 15 is 0 Å². The Morgan fingerprint density at radius 3 is 2.76 bits per heavy atom. The quantitative estimate of drug-likeness (QED) is 0.788. The molecule has 90 valence electrons. The Hall–Kier alpha value is -1.21. The van der Waals surface area contributed by atoms with Gasteiger partial charge in [-0.05, 0) is 23.5 Å². The zero-order valence-corrected chi connectivity index (χ0v) is 10.1. The zero-order chi connectivity index (χ0) is 12.5. The van der Waals surface area contributed by atoms with Crippen LogP contribution in [-0.2, 0) is 10.4 Å². The predicted molar refractivity (Wildman–Crippen MR) is 63.4 cm³/mol. The lowest BCUT2D eigenvalue weighted by Gasteiger charge is -2.05. The number of rotatable bonds is 3. The number of hydrogen-bond acceptors (Lipinski definition) is 5. The van der Waals surface area contributed by atoms with Crippen molar-refractivity contribution in [3.63, 3.8) is 0 Å². The number of fused-ring (bicyclic) bond motifs is 1. The summed E-state index contributed by atoms with van der Waals surface area (Å²) in [6.45, 7) is -4.22. The van der Waals surface area contributed by atoms with Gasteiger partial charge in [-0.1, -0.05) is 17.3 Å². The van der Waals surface area contributed by atoms with Gasteiger partial charge in [-0.2, -0.15) is 4.68 Å². The van der Waals surface area contributed by atoms with Gasteiger partial charge in [-0.3, -0.25) is 4.79 Å². The van der Waals surface area contributed by atoms with E-state index in [1.807, 2.05) is 0 Å². The molecule has 1 aromatic carbocycles. The standard InChI is InChI=1S/C8H8N3O4PS/c12-8-6-3-1-2-4-7(6)9-10-11(8)5-17-16(13,14)15/h1-4H,5H2,(H2,13,14,15). The molecule has 0 amide bonds. The van der Waals surface area contributed by atoms with Crippen molar-refractivity contribution >= 4 is 29.1 Å². The van der Waals surface area contributed by atoms with E-state index in [9.17, 15) is 9.36 Å². The van der Waals surface area contributed by atoms with E-state index in [4.69, 9.17) is 9.79 Å². The second kappa shape index (κ2) is 4.58. The average Bonchev–Trinajstić information content (AvgIpc) is 2.27. The molecule has 0 aliphatic heterocycles. The molecule has 0 saturated carbocycles. The largest absolute Gasteiger partial charge is 0.385 e. The molecule has 0 bridgehead atoms. The molecule has 2 aromatic rings. The van der Waals surface area contributed by atoms with Crippen molar-refractivity contribution in [3.8, 4) is 0 Å². The smallest absolute Gasteiger partial charge is 0.317 e. The highest BCUT2D eigenvalue weighted by atomic mass is 32.7. The predicted octanol–water partition coefficient (Wildman–Crippen LogP) is 0.575. The molecule has 0 radical (unpaired) electrons. The Bertz CT molecular complexity index is 653. The summed E-state index contributed by atoms with van der Waals surface area (Å²) in [7, 11) is 0. The summed E-state index contributed by atoms with van der Waals surface area (Å²) < 4.78 is 11.6. The van der Waals surface area contributed by atoms with Crippen LogP contribution in [0.25, 0.3) is 10.9 Å². The first-order valence-electron chi connectivity index (χ1n) is 4.50. The molecule has 1 aromatic heterocycles. The van der Waals surface area contributed by atoms with Crippen molar-refractivity contribution < 1.29 is 14.4 Å². The summed E-state index contributed by atoms with van der Waals surface area (Å²) in [4.78, 5) is 29.2. The van der Waals surface area contributed by atoms with E-state index in [0.717, 1.165) is 4.68 Å². The third-order valence-corrected chi connectivity index (χ3v) is 4.03. The molecule has 0 atom stereocenters. The van der Waals surface area contributed by atoms with Crippen LogP contribution in [0.1, 0.15) is 0 Å². The molecule has 2 rings (SSSR count). The van der Waals surface area contributed by atoms with Gasteiger partial charge in [-0.15, -0.1) is 5.10 Å². The maximum Gasteiger partial charge on any atom is 0.385 e. The number of hydrogen-bond donors (Lipinski definition) is 2. The Balaban J connectivity index is 2.40. The van der Waals surface area contributed by atoms with Crippen LogP contribution < -0.4 is 5.56 Å². The molecule has 0 spiro atoms. The molecule has 0 aliphatic rings. The van der Waals surface area contributed by atoms with Gasteiger partial charge in [-0.25, -0.2) is 4.57 Å². The summed E-state index contributed by atoms with van der Waals surface area (Å²) >= 11 is 0.337. The third-order valence-electron chi connectivity index (χ3n) is 1.98. The Labute approximate surface area is 99.4 Å². The SMILES string of the molecule is O=c1c2ccccc2nnn1CSP(=O)(O)O. The second-order valence-corrected chi connectivity index (χ2v) is 6.86. The number of benzene rings is 1. The molecule has 0 aliphatic carbocycles. The lowest BCUT2D eigenvalue weighted by molar-refractivity contribution is 0.396. The van der Waals surface area contributed by atoms with Crippen molar-refractivity contribution in [2.75, 3.05) is 0 Å². The molecular weight excluding hydrogens is 265 g/mol. The average molecular weight is 273 g/mol. The summed E-state index contributed by atoms with van der Waals surface area (Å²) in [5.41, 5.74) is 0.0338. The van der Waals surface area contributed by atoms with E-state index in [2.05, 4.69) is 10.3 Å².